The van der Waals surface area contributed by atoms with Crippen molar-refractivity contribution >= 4 is 17.5 Å². The van der Waals surface area contributed by atoms with Crippen LogP contribution in [0.25, 0.3) is 0 Å². The summed E-state index contributed by atoms with van der Waals surface area (Å²) in [6.07, 6.45) is 1.43. The summed E-state index contributed by atoms with van der Waals surface area (Å²) in [6, 6.07) is 6.93. The summed E-state index contributed by atoms with van der Waals surface area (Å²) in [5.41, 5.74) is 5.19. The van der Waals surface area contributed by atoms with Gasteiger partial charge >= 0.3 is 0 Å². The predicted molar refractivity (Wildman–Crippen MR) is 74.1 cm³/mol. The fourth-order valence-corrected chi connectivity index (χ4v) is 1.73. The average molecular weight is 281 g/mol. The van der Waals surface area contributed by atoms with Crippen molar-refractivity contribution in [3.63, 3.8) is 0 Å². The number of primary amides is 1. The molecule has 1 rings (SSSR count). The van der Waals surface area contributed by atoms with Gasteiger partial charge in [-0.05, 0) is 44.9 Å². The summed E-state index contributed by atoms with van der Waals surface area (Å²) in [4.78, 5) is 11.2. The number of amides is 1. The van der Waals surface area contributed by atoms with Gasteiger partial charge in [-0.25, -0.2) is 0 Å². The molecule has 0 aromatic heterocycles. The average Bonchev–Trinajstić information content (AvgIpc) is 2.34. The number of carbonyl (C=O) groups excluding carboxylic acids is 1. The van der Waals surface area contributed by atoms with Crippen molar-refractivity contribution in [3.8, 4) is 11.8 Å². The molecule has 0 unspecified atom stereocenters. The molecule has 0 fully saturated rings. The van der Waals surface area contributed by atoms with Gasteiger partial charge in [-0.1, -0.05) is 11.6 Å². The van der Waals surface area contributed by atoms with Crippen LogP contribution in [0.5, 0.6) is 5.75 Å². The van der Waals surface area contributed by atoms with Gasteiger partial charge in [0.2, 0.25) is 0 Å². The molecule has 0 aliphatic rings. The van der Waals surface area contributed by atoms with E-state index in [1.807, 2.05) is 13.8 Å². The third-order valence-electron chi connectivity index (χ3n) is 2.72. The maximum absolute atomic E-state index is 11.2. The first-order chi connectivity index (χ1) is 8.85. The summed E-state index contributed by atoms with van der Waals surface area (Å²) < 4.78 is 5.52. The molecule has 1 amide bonds. The Morgan fingerprint density at radius 1 is 1.53 bits per heavy atom. The standard InChI is InChI=1S/C14H17ClN2O2/c1-14(2,9-16)6-3-7-19-12-8-10(15)4-5-11(12)13(17)18/h4-5,8H,3,6-7H2,1-2H3,(H2,17,18). The Balaban J connectivity index is 2.61. The first-order valence-corrected chi connectivity index (χ1v) is 6.37. The fraction of sp³-hybridized carbons (Fsp3) is 0.429. The summed E-state index contributed by atoms with van der Waals surface area (Å²) in [5, 5.41) is 9.38. The van der Waals surface area contributed by atoms with E-state index in [0.717, 1.165) is 6.42 Å². The van der Waals surface area contributed by atoms with Gasteiger partial charge in [0.25, 0.3) is 5.91 Å². The second-order valence-corrected chi connectivity index (χ2v) is 5.39. The Bertz CT molecular complexity index is 507. The number of hydrogen-bond acceptors (Lipinski definition) is 3. The van der Waals surface area contributed by atoms with Crippen LogP contribution in [0.3, 0.4) is 0 Å². The highest BCUT2D eigenvalue weighted by atomic mass is 35.5. The number of rotatable bonds is 6. The number of carbonyl (C=O) groups is 1. The first kappa shape index (κ1) is 15.3. The van der Waals surface area contributed by atoms with Crippen molar-refractivity contribution in [2.75, 3.05) is 6.61 Å². The zero-order valence-electron chi connectivity index (χ0n) is 11.1. The SMILES string of the molecule is CC(C)(C#N)CCCOc1cc(Cl)ccc1C(N)=O. The number of hydrogen-bond donors (Lipinski definition) is 1. The van der Waals surface area contributed by atoms with Crippen LogP contribution in [0.4, 0.5) is 0 Å². The van der Waals surface area contributed by atoms with Gasteiger partial charge in [-0.2, -0.15) is 5.26 Å². The predicted octanol–water partition coefficient (Wildman–Crippen LogP) is 3.15. The van der Waals surface area contributed by atoms with Crippen LogP contribution in [0.1, 0.15) is 37.0 Å². The first-order valence-electron chi connectivity index (χ1n) is 5.99. The normalized spacial score (nSPS) is 10.8. The highest BCUT2D eigenvalue weighted by molar-refractivity contribution is 6.30. The lowest BCUT2D eigenvalue weighted by Crippen LogP contribution is -2.14. The van der Waals surface area contributed by atoms with Crippen LogP contribution >= 0.6 is 11.6 Å². The molecule has 0 saturated carbocycles. The molecule has 0 atom stereocenters. The third kappa shape index (κ3) is 4.80. The minimum atomic E-state index is -0.552. The van der Waals surface area contributed by atoms with Crippen molar-refractivity contribution < 1.29 is 9.53 Å². The van der Waals surface area contributed by atoms with Crippen LogP contribution in [-0.4, -0.2) is 12.5 Å². The van der Waals surface area contributed by atoms with E-state index in [0.29, 0.717) is 29.4 Å². The molecule has 0 radical (unpaired) electrons. The summed E-state index contributed by atoms with van der Waals surface area (Å²) in [5.74, 6) is -0.168. The summed E-state index contributed by atoms with van der Waals surface area (Å²) >= 11 is 5.85. The summed E-state index contributed by atoms with van der Waals surface area (Å²) in [7, 11) is 0. The minimum absolute atomic E-state index is 0.309. The molecule has 2 N–H and O–H groups in total. The Labute approximate surface area is 118 Å². The maximum atomic E-state index is 11.2. The molecule has 4 nitrogen and oxygen atoms in total. The highest BCUT2D eigenvalue weighted by Crippen LogP contribution is 2.25. The van der Waals surface area contributed by atoms with E-state index in [1.165, 1.54) is 0 Å². The molecule has 0 spiro atoms. The zero-order chi connectivity index (χ0) is 14.5. The van der Waals surface area contributed by atoms with Crippen molar-refractivity contribution in [2.24, 2.45) is 11.1 Å². The largest absolute Gasteiger partial charge is 0.493 e. The number of nitrogens with two attached hydrogens (primary N) is 1. The van der Waals surface area contributed by atoms with Gasteiger partial charge < -0.3 is 10.5 Å². The van der Waals surface area contributed by atoms with Crippen molar-refractivity contribution in [3.05, 3.63) is 28.8 Å². The van der Waals surface area contributed by atoms with Crippen LogP contribution in [0, 0.1) is 16.7 Å². The summed E-state index contributed by atoms with van der Waals surface area (Å²) in [6.45, 7) is 4.16. The number of ether oxygens (including phenoxy) is 1. The van der Waals surface area contributed by atoms with Gasteiger partial charge in [-0.15, -0.1) is 0 Å². The number of nitrogens with zero attached hydrogens (tertiary/aromatic N) is 1. The molecule has 0 aliphatic heterocycles. The van der Waals surface area contributed by atoms with E-state index < -0.39 is 5.91 Å². The van der Waals surface area contributed by atoms with E-state index in [-0.39, 0.29) is 5.41 Å². The van der Waals surface area contributed by atoms with E-state index in [1.54, 1.807) is 18.2 Å². The molecule has 0 heterocycles. The zero-order valence-corrected chi connectivity index (χ0v) is 11.8. The lowest BCUT2D eigenvalue weighted by Gasteiger charge is -2.15. The van der Waals surface area contributed by atoms with E-state index in [4.69, 9.17) is 27.3 Å². The van der Waals surface area contributed by atoms with Crippen molar-refractivity contribution in [1.29, 1.82) is 5.26 Å². The van der Waals surface area contributed by atoms with Crippen LogP contribution in [0.15, 0.2) is 18.2 Å². The lowest BCUT2D eigenvalue weighted by molar-refractivity contribution is 0.0996. The Hall–Kier alpha value is -1.73. The fourth-order valence-electron chi connectivity index (χ4n) is 1.57. The van der Waals surface area contributed by atoms with Crippen molar-refractivity contribution in [2.45, 2.75) is 26.7 Å². The van der Waals surface area contributed by atoms with E-state index >= 15 is 0 Å². The molecule has 1 aromatic carbocycles. The Kier molecular flexibility index (Phi) is 5.20. The Morgan fingerprint density at radius 2 is 2.21 bits per heavy atom. The molecule has 0 aliphatic carbocycles. The molecule has 5 heteroatoms. The molecular formula is C14H17ClN2O2. The van der Waals surface area contributed by atoms with Crippen LogP contribution in [0.2, 0.25) is 5.02 Å². The van der Waals surface area contributed by atoms with Gasteiger partial charge in [0, 0.05) is 5.02 Å². The quantitative estimate of drug-likeness (QED) is 0.813. The molecule has 102 valence electrons. The number of halogens is 1. The number of nitriles is 1. The molecule has 0 saturated heterocycles. The topological polar surface area (TPSA) is 76.1 Å². The van der Waals surface area contributed by atoms with Crippen molar-refractivity contribution in [1.82, 2.24) is 0 Å². The molecule has 0 bridgehead atoms. The Morgan fingerprint density at radius 3 is 2.79 bits per heavy atom. The lowest BCUT2D eigenvalue weighted by atomic mass is 9.90. The smallest absolute Gasteiger partial charge is 0.252 e. The van der Waals surface area contributed by atoms with E-state index in [2.05, 4.69) is 6.07 Å². The van der Waals surface area contributed by atoms with E-state index in [9.17, 15) is 4.79 Å². The second kappa shape index (κ2) is 6.44. The van der Waals surface area contributed by atoms with Gasteiger partial charge in [0.05, 0.1) is 23.7 Å². The third-order valence-corrected chi connectivity index (χ3v) is 2.95. The molecular weight excluding hydrogens is 264 g/mol. The minimum Gasteiger partial charge on any atom is -0.493 e. The van der Waals surface area contributed by atoms with Gasteiger partial charge in [-0.3, -0.25) is 4.79 Å². The molecule has 19 heavy (non-hydrogen) atoms. The highest BCUT2D eigenvalue weighted by Gasteiger charge is 2.16. The maximum Gasteiger partial charge on any atom is 0.252 e. The van der Waals surface area contributed by atoms with Crippen LogP contribution in [-0.2, 0) is 0 Å². The van der Waals surface area contributed by atoms with Crippen LogP contribution < -0.4 is 10.5 Å². The molecule has 1 aromatic rings. The van der Waals surface area contributed by atoms with Gasteiger partial charge in [0.15, 0.2) is 0 Å². The monoisotopic (exact) mass is 280 g/mol. The second-order valence-electron chi connectivity index (χ2n) is 4.95. The number of benzene rings is 1. The van der Waals surface area contributed by atoms with Gasteiger partial charge in [0.1, 0.15) is 5.75 Å².